The smallest absolute Gasteiger partial charge is 0.323 e. The Labute approximate surface area is 74.9 Å². The Bertz CT molecular complexity index is 295. The second-order valence-electron chi connectivity index (χ2n) is 2.62. The molecule has 0 saturated heterocycles. The zero-order valence-corrected chi connectivity index (χ0v) is 7.47. The number of nitrogens with zero attached hydrogens (tertiary/aromatic N) is 4. The van der Waals surface area contributed by atoms with Crippen molar-refractivity contribution in [3.05, 3.63) is 5.82 Å². The first-order chi connectivity index (χ1) is 6.11. The van der Waals surface area contributed by atoms with Gasteiger partial charge in [0.2, 0.25) is 0 Å². The summed E-state index contributed by atoms with van der Waals surface area (Å²) in [7, 11) is 1.66. The third-order valence-electron chi connectivity index (χ3n) is 1.42. The van der Waals surface area contributed by atoms with Gasteiger partial charge < -0.3 is 10.5 Å². The highest BCUT2D eigenvalue weighted by Gasteiger charge is 2.10. The lowest BCUT2D eigenvalue weighted by molar-refractivity contribution is -0.146. The lowest BCUT2D eigenvalue weighted by Gasteiger charge is -2.05. The molecule has 0 bridgehead atoms. The maximum absolute atomic E-state index is 10.9. The van der Waals surface area contributed by atoms with Crippen LogP contribution in [0.15, 0.2) is 0 Å². The van der Waals surface area contributed by atoms with Gasteiger partial charge in [-0.2, -0.15) is 0 Å². The van der Waals surface area contributed by atoms with Crippen molar-refractivity contribution in [2.75, 3.05) is 0 Å². The van der Waals surface area contributed by atoms with Crippen LogP contribution >= 0.6 is 0 Å². The molecular weight excluding hydrogens is 174 g/mol. The third-order valence-corrected chi connectivity index (χ3v) is 1.42. The molecule has 1 atom stereocenters. The molecule has 0 spiro atoms. The monoisotopic (exact) mass is 185 g/mol. The van der Waals surface area contributed by atoms with Gasteiger partial charge in [-0.15, -0.1) is 5.10 Å². The number of rotatable bonds is 3. The predicted octanol–water partition coefficient (Wildman–Crippen LogP) is -1.40. The number of nitrogens with two attached hydrogens (primary N) is 1. The standard InChI is InChI=1S/C6H11N5O2/c1-4(7)6(12)13-3-5-8-9-10-11(5)2/h4H,3,7H2,1-2H3/t4-/m0/s1. The van der Waals surface area contributed by atoms with E-state index in [-0.39, 0.29) is 6.61 Å². The summed E-state index contributed by atoms with van der Waals surface area (Å²) >= 11 is 0. The minimum absolute atomic E-state index is 0.0455. The highest BCUT2D eigenvalue weighted by Crippen LogP contribution is 1.94. The van der Waals surface area contributed by atoms with E-state index in [1.54, 1.807) is 14.0 Å². The fraction of sp³-hybridized carbons (Fsp3) is 0.667. The summed E-state index contributed by atoms with van der Waals surface area (Å²) in [5.41, 5.74) is 5.28. The number of tetrazole rings is 1. The van der Waals surface area contributed by atoms with Gasteiger partial charge in [0.05, 0.1) is 0 Å². The maximum atomic E-state index is 10.9. The van der Waals surface area contributed by atoms with Crippen molar-refractivity contribution in [1.29, 1.82) is 0 Å². The van der Waals surface area contributed by atoms with E-state index in [1.807, 2.05) is 0 Å². The molecule has 1 heterocycles. The Hall–Kier alpha value is -1.50. The van der Waals surface area contributed by atoms with E-state index < -0.39 is 12.0 Å². The van der Waals surface area contributed by atoms with Crippen LogP contribution in [0.25, 0.3) is 0 Å². The van der Waals surface area contributed by atoms with E-state index in [4.69, 9.17) is 10.5 Å². The van der Waals surface area contributed by atoms with Gasteiger partial charge in [0.1, 0.15) is 6.04 Å². The fourth-order valence-electron chi connectivity index (χ4n) is 0.637. The van der Waals surface area contributed by atoms with Crippen LogP contribution in [-0.2, 0) is 23.2 Å². The number of carbonyl (C=O) groups is 1. The number of aryl methyl sites for hydroxylation is 1. The van der Waals surface area contributed by atoms with Crippen LogP contribution in [0.1, 0.15) is 12.7 Å². The number of esters is 1. The first kappa shape index (κ1) is 9.59. The Balaban J connectivity index is 2.44. The lowest BCUT2D eigenvalue weighted by atomic mass is 10.4. The van der Waals surface area contributed by atoms with Crippen molar-refractivity contribution < 1.29 is 9.53 Å². The minimum Gasteiger partial charge on any atom is -0.456 e. The van der Waals surface area contributed by atoms with E-state index >= 15 is 0 Å². The highest BCUT2D eigenvalue weighted by atomic mass is 16.5. The van der Waals surface area contributed by atoms with Gasteiger partial charge >= 0.3 is 5.97 Å². The van der Waals surface area contributed by atoms with Crippen molar-refractivity contribution in [3.8, 4) is 0 Å². The van der Waals surface area contributed by atoms with E-state index in [9.17, 15) is 4.79 Å². The lowest BCUT2D eigenvalue weighted by Crippen LogP contribution is -2.28. The van der Waals surface area contributed by atoms with Crippen molar-refractivity contribution >= 4 is 5.97 Å². The molecule has 72 valence electrons. The summed E-state index contributed by atoms with van der Waals surface area (Å²) < 4.78 is 6.23. The average molecular weight is 185 g/mol. The predicted molar refractivity (Wildman–Crippen MR) is 42.2 cm³/mol. The molecular formula is C6H11N5O2. The highest BCUT2D eigenvalue weighted by molar-refractivity contribution is 5.74. The van der Waals surface area contributed by atoms with E-state index in [0.717, 1.165) is 0 Å². The maximum Gasteiger partial charge on any atom is 0.323 e. The van der Waals surface area contributed by atoms with E-state index in [0.29, 0.717) is 5.82 Å². The molecule has 0 aliphatic carbocycles. The summed E-state index contributed by atoms with van der Waals surface area (Å²) in [6.45, 7) is 1.60. The van der Waals surface area contributed by atoms with Crippen LogP contribution in [-0.4, -0.2) is 32.2 Å². The molecule has 13 heavy (non-hydrogen) atoms. The van der Waals surface area contributed by atoms with Gasteiger partial charge in [0, 0.05) is 7.05 Å². The zero-order valence-electron chi connectivity index (χ0n) is 7.47. The molecule has 0 saturated carbocycles. The van der Waals surface area contributed by atoms with Crippen molar-refractivity contribution in [1.82, 2.24) is 20.2 Å². The molecule has 0 aliphatic rings. The van der Waals surface area contributed by atoms with Crippen molar-refractivity contribution in [3.63, 3.8) is 0 Å². The number of aromatic nitrogens is 4. The molecule has 0 amide bonds. The zero-order chi connectivity index (χ0) is 9.84. The number of hydrogen-bond donors (Lipinski definition) is 1. The van der Waals surface area contributed by atoms with E-state index in [1.165, 1.54) is 4.68 Å². The second-order valence-corrected chi connectivity index (χ2v) is 2.62. The fourth-order valence-corrected chi connectivity index (χ4v) is 0.637. The normalized spacial score (nSPS) is 12.5. The molecule has 0 aromatic carbocycles. The SMILES string of the molecule is C[C@H](N)C(=O)OCc1nnnn1C. The summed E-state index contributed by atoms with van der Waals surface area (Å²) in [4.78, 5) is 10.9. The molecule has 0 fully saturated rings. The molecule has 7 nitrogen and oxygen atoms in total. The summed E-state index contributed by atoms with van der Waals surface area (Å²) in [6.07, 6.45) is 0. The van der Waals surface area contributed by atoms with Crippen LogP contribution in [0.4, 0.5) is 0 Å². The molecule has 1 rings (SSSR count). The van der Waals surface area contributed by atoms with E-state index in [2.05, 4.69) is 15.5 Å². The van der Waals surface area contributed by atoms with Gasteiger partial charge in [0.25, 0.3) is 0 Å². The number of carbonyl (C=O) groups excluding carboxylic acids is 1. The summed E-state index contributed by atoms with van der Waals surface area (Å²) in [6, 6.07) is -0.624. The van der Waals surface area contributed by atoms with Gasteiger partial charge in [-0.3, -0.25) is 4.79 Å². The molecule has 7 heteroatoms. The molecule has 1 aromatic heterocycles. The Morgan fingerprint density at radius 2 is 2.46 bits per heavy atom. The summed E-state index contributed by atoms with van der Waals surface area (Å²) in [5.74, 6) is 0.0111. The quantitative estimate of drug-likeness (QED) is 0.582. The largest absolute Gasteiger partial charge is 0.456 e. The Morgan fingerprint density at radius 3 is 2.92 bits per heavy atom. The summed E-state index contributed by atoms with van der Waals surface area (Å²) in [5, 5.41) is 10.6. The van der Waals surface area contributed by atoms with Crippen LogP contribution in [0.2, 0.25) is 0 Å². The number of hydrogen-bond acceptors (Lipinski definition) is 6. The van der Waals surface area contributed by atoms with Crippen molar-refractivity contribution in [2.45, 2.75) is 19.6 Å². The van der Waals surface area contributed by atoms with Crippen molar-refractivity contribution in [2.24, 2.45) is 12.8 Å². The minimum atomic E-state index is -0.624. The Kier molecular flexibility index (Phi) is 2.91. The van der Waals surface area contributed by atoms with Crippen LogP contribution in [0.3, 0.4) is 0 Å². The van der Waals surface area contributed by atoms with Gasteiger partial charge in [-0.25, -0.2) is 4.68 Å². The average Bonchev–Trinajstić information content (AvgIpc) is 2.47. The number of ether oxygens (including phenoxy) is 1. The van der Waals surface area contributed by atoms with Crippen LogP contribution < -0.4 is 5.73 Å². The first-order valence-electron chi connectivity index (χ1n) is 3.74. The van der Waals surface area contributed by atoms with Crippen LogP contribution in [0.5, 0.6) is 0 Å². The van der Waals surface area contributed by atoms with Gasteiger partial charge in [-0.1, -0.05) is 0 Å². The molecule has 1 aromatic rings. The Morgan fingerprint density at radius 1 is 1.77 bits per heavy atom. The first-order valence-corrected chi connectivity index (χ1v) is 3.74. The van der Waals surface area contributed by atoms with Crippen LogP contribution in [0, 0.1) is 0 Å². The second kappa shape index (κ2) is 3.94. The topological polar surface area (TPSA) is 95.9 Å². The van der Waals surface area contributed by atoms with Gasteiger partial charge in [-0.05, 0) is 17.4 Å². The molecule has 0 radical (unpaired) electrons. The molecule has 0 aliphatic heterocycles. The molecule has 2 N–H and O–H groups in total. The molecule has 0 unspecified atom stereocenters. The third kappa shape index (κ3) is 2.48. The van der Waals surface area contributed by atoms with Gasteiger partial charge in [0.15, 0.2) is 12.4 Å².